The summed E-state index contributed by atoms with van der Waals surface area (Å²) in [5.41, 5.74) is 1.46. The van der Waals surface area contributed by atoms with Crippen LogP contribution in [0, 0.1) is 105 Å². The van der Waals surface area contributed by atoms with Crippen LogP contribution in [0.25, 0.3) is 0 Å². The summed E-state index contributed by atoms with van der Waals surface area (Å²) in [5, 5.41) is 0. The number of rotatable bonds is 4. The van der Waals surface area contributed by atoms with E-state index in [1.54, 1.807) is 64.2 Å². The Morgan fingerprint density at radius 3 is 1.53 bits per heavy atom. The van der Waals surface area contributed by atoms with Crippen molar-refractivity contribution in [1.82, 2.24) is 0 Å². The Labute approximate surface area is 270 Å². The average Bonchev–Trinajstić information content (AvgIpc) is 3.44. The molecule has 0 heteroatoms. The zero-order chi connectivity index (χ0) is 31.1. The van der Waals surface area contributed by atoms with Gasteiger partial charge < -0.3 is 0 Å². The second-order valence-electron chi connectivity index (χ2n) is 21.7. The molecule has 6 aliphatic carbocycles. The van der Waals surface area contributed by atoms with E-state index in [9.17, 15) is 0 Å². The van der Waals surface area contributed by atoms with E-state index < -0.39 is 0 Å². The quantitative estimate of drug-likeness (QED) is 0.304. The fraction of sp³-hybridized carbons (Fsp3) is 1.00. The predicted molar refractivity (Wildman–Crippen MR) is 187 cm³/mol. The van der Waals surface area contributed by atoms with E-state index in [-0.39, 0.29) is 0 Å². The molecule has 0 saturated heterocycles. The van der Waals surface area contributed by atoms with Crippen LogP contribution in [0.15, 0.2) is 0 Å². The van der Waals surface area contributed by atoms with Crippen molar-refractivity contribution in [3.05, 3.63) is 0 Å². The van der Waals surface area contributed by atoms with Crippen LogP contribution in [-0.2, 0) is 0 Å². The van der Waals surface area contributed by atoms with Crippen molar-refractivity contribution in [3.8, 4) is 0 Å². The normalized spacial score (nSPS) is 47.2. The lowest BCUT2D eigenvalue weighted by atomic mass is 9.57. The van der Waals surface area contributed by atoms with Crippen molar-refractivity contribution in [2.75, 3.05) is 0 Å². The Kier molecular flexibility index (Phi) is 9.12. The second-order valence-corrected chi connectivity index (χ2v) is 21.7. The van der Waals surface area contributed by atoms with Gasteiger partial charge in [0.2, 0.25) is 0 Å². The van der Waals surface area contributed by atoms with E-state index in [4.69, 9.17) is 0 Å². The first kappa shape index (κ1) is 32.9. The van der Waals surface area contributed by atoms with Crippen LogP contribution >= 0.6 is 0 Å². The van der Waals surface area contributed by atoms with E-state index in [1.807, 2.05) is 0 Å². The summed E-state index contributed by atoms with van der Waals surface area (Å²) in [6, 6.07) is 0. The molecular formula is C43H76. The molecule has 6 saturated carbocycles. The van der Waals surface area contributed by atoms with Gasteiger partial charge >= 0.3 is 0 Å². The molecule has 0 heterocycles. The molecule has 6 rings (SSSR count). The first-order valence-electron chi connectivity index (χ1n) is 20.0. The fourth-order valence-electron chi connectivity index (χ4n) is 14.1. The minimum Gasteiger partial charge on any atom is -0.0625 e. The standard InChI is InChI=1S/C43H76/c1-26(2)27-12-15-33-34-17-14-30(42(6,7)8)25-39(34)35(37(33)23-27)18-19-36-38-24-28-22-29(41(3,4)5)13-16-31(28)32(38)20-21-40(36)43(9,10)11/h26-40H,12-25H2,1-11H3/t27-,28-,29-,30-,31-,32+,33?,34?,35?,36+,37?,38-,39?,40-/m0/s1. The summed E-state index contributed by atoms with van der Waals surface area (Å²) in [5.74, 6) is 15.3. The van der Waals surface area contributed by atoms with E-state index in [0.717, 1.165) is 88.8 Å². The van der Waals surface area contributed by atoms with Gasteiger partial charge in [-0.2, -0.15) is 0 Å². The Bertz CT molecular complexity index is 935. The number of hydrogen-bond acceptors (Lipinski definition) is 0. The van der Waals surface area contributed by atoms with Crippen LogP contribution in [-0.4, -0.2) is 0 Å². The van der Waals surface area contributed by atoms with Crippen LogP contribution in [0.3, 0.4) is 0 Å². The summed E-state index contributed by atoms with van der Waals surface area (Å²) in [4.78, 5) is 0. The maximum absolute atomic E-state index is 2.62. The highest BCUT2D eigenvalue weighted by molar-refractivity contribution is 5.06. The van der Waals surface area contributed by atoms with Crippen molar-refractivity contribution in [3.63, 3.8) is 0 Å². The average molecular weight is 593 g/mol. The molecule has 14 atom stereocenters. The van der Waals surface area contributed by atoms with Crippen molar-refractivity contribution in [1.29, 1.82) is 0 Å². The van der Waals surface area contributed by atoms with Crippen molar-refractivity contribution in [2.45, 2.75) is 166 Å². The van der Waals surface area contributed by atoms with Crippen molar-refractivity contribution >= 4 is 0 Å². The van der Waals surface area contributed by atoms with Gasteiger partial charge in [-0.15, -0.1) is 0 Å². The predicted octanol–water partition coefficient (Wildman–Crippen LogP) is 13.0. The molecule has 6 aliphatic rings. The highest BCUT2D eigenvalue weighted by atomic mass is 14.6. The van der Waals surface area contributed by atoms with Crippen LogP contribution in [0.4, 0.5) is 0 Å². The highest BCUT2D eigenvalue weighted by Gasteiger charge is 2.57. The van der Waals surface area contributed by atoms with Crippen LogP contribution in [0.5, 0.6) is 0 Å². The summed E-state index contributed by atoms with van der Waals surface area (Å²) in [7, 11) is 0. The maximum Gasteiger partial charge on any atom is -0.0334 e. The van der Waals surface area contributed by atoms with Crippen LogP contribution in [0.1, 0.15) is 166 Å². The third kappa shape index (κ3) is 6.33. The topological polar surface area (TPSA) is 0 Å². The maximum atomic E-state index is 2.62. The Hall–Kier alpha value is 0. The molecule has 0 nitrogen and oxygen atoms in total. The van der Waals surface area contributed by atoms with E-state index >= 15 is 0 Å². The molecule has 6 fully saturated rings. The smallest absolute Gasteiger partial charge is 0.0334 e. The number of fused-ring (bicyclic) bond motifs is 6. The minimum absolute atomic E-state index is 0.466. The summed E-state index contributed by atoms with van der Waals surface area (Å²) >= 11 is 0. The van der Waals surface area contributed by atoms with E-state index in [2.05, 4.69) is 76.2 Å². The van der Waals surface area contributed by atoms with Gasteiger partial charge in [-0.05, 0) is 195 Å². The summed E-state index contributed by atoms with van der Waals surface area (Å²) in [6.45, 7) is 28.2. The second kappa shape index (κ2) is 11.9. The fourth-order valence-corrected chi connectivity index (χ4v) is 14.1. The largest absolute Gasteiger partial charge is 0.0625 e. The third-order valence-electron chi connectivity index (χ3n) is 16.5. The van der Waals surface area contributed by atoms with Gasteiger partial charge in [0, 0.05) is 0 Å². The van der Waals surface area contributed by atoms with Crippen molar-refractivity contribution < 1.29 is 0 Å². The third-order valence-corrected chi connectivity index (χ3v) is 16.5. The van der Waals surface area contributed by atoms with E-state index in [0.29, 0.717) is 16.2 Å². The first-order valence-corrected chi connectivity index (χ1v) is 20.0. The molecule has 43 heavy (non-hydrogen) atoms. The van der Waals surface area contributed by atoms with E-state index in [1.165, 1.54) is 25.7 Å². The molecule has 0 spiro atoms. The molecule has 0 radical (unpaired) electrons. The van der Waals surface area contributed by atoms with Gasteiger partial charge in [-0.1, -0.05) is 76.2 Å². The molecule has 0 bridgehead atoms. The highest BCUT2D eigenvalue weighted by Crippen LogP contribution is 2.65. The Morgan fingerprint density at radius 2 is 0.930 bits per heavy atom. The molecule has 0 aromatic heterocycles. The Balaban J connectivity index is 1.24. The zero-order valence-corrected chi connectivity index (χ0v) is 31.1. The molecular weight excluding hydrogens is 516 g/mol. The number of hydrogen-bond donors (Lipinski definition) is 0. The van der Waals surface area contributed by atoms with Crippen LogP contribution < -0.4 is 0 Å². The van der Waals surface area contributed by atoms with Gasteiger partial charge in [0.1, 0.15) is 0 Å². The molecule has 0 aromatic rings. The first-order chi connectivity index (χ1) is 20.0. The SMILES string of the molecule is CC(C)[C@H]1CCC2C3CC[C@H](C(C)(C)C)CC3C(CC[C@@H]3[C@H]4C[C@@H]5C[C@@H](C(C)(C)C)CC[C@@H]5[C@H]4CC[C@@H]3C(C)(C)C)C2C1. The summed E-state index contributed by atoms with van der Waals surface area (Å²) < 4.78 is 0. The lowest BCUT2D eigenvalue weighted by Crippen LogP contribution is -2.40. The summed E-state index contributed by atoms with van der Waals surface area (Å²) in [6.07, 6.45) is 21.8. The molecule has 248 valence electrons. The Morgan fingerprint density at radius 1 is 0.442 bits per heavy atom. The molecule has 0 aromatic carbocycles. The monoisotopic (exact) mass is 593 g/mol. The van der Waals surface area contributed by atoms with Gasteiger partial charge in [0.05, 0.1) is 0 Å². The lowest BCUT2D eigenvalue weighted by Gasteiger charge is -2.48. The van der Waals surface area contributed by atoms with Gasteiger partial charge in [0.15, 0.2) is 0 Å². The van der Waals surface area contributed by atoms with Crippen LogP contribution in [0.2, 0.25) is 0 Å². The van der Waals surface area contributed by atoms with Gasteiger partial charge in [0.25, 0.3) is 0 Å². The van der Waals surface area contributed by atoms with Gasteiger partial charge in [-0.3, -0.25) is 0 Å². The lowest BCUT2D eigenvalue weighted by molar-refractivity contribution is 0.00826. The minimum atomic E-state index is 0.466. The molecule has 5 unspecified atom stereocenters. The molecule has 0 amide bonds. The van der Waals surface area contributed by atoms with Gasteiger partial charge in [-0.25, -0.2) is 0 Å². The molecule has 0 N–H and O–H groups in total. The zero-order valence-electron chi connectivity index (χ0n) is 31.1. The molecule has 0 aliphatic heterocycles. The van der Waals surface area contributed by atoms with Crippen molar-refractivity contribution in [2.24, 2.45) is 105 Å².